The molecule has 0 bridgehead atoms. The molecule has 0 radical (unpaired) electrons. The molecule has 4 fully saturated rings. The van der Waals surface area contributed by atoms with Crippen LogP contribution in [0.4, 0.5) is 0 Å². The number of hydrogen-bond donors (Lipinski definition) is 2. The van der Waals surface area contributed by atoms with Crippen LogP contribution in [0, 0.1) is 51.8 Å². The summed E-state index contributed by atoms with van der Waals surface area (Å²) in [4.78, 5) is 25.3. The van der Waals surface area contributed by atoms with Crippen molar-refractivity contribution in [3.63, 3.8) is 0 Å². The number of carboxylic acids is 1. The Hall–Kier alpha value is -1.18. The van der Waals surface area contributed by atoms with Crippen LogP contribution in [0.15, 0.2) is 11.6 Å². The van der Waals surface area contributed by atoms with E-state index in [1.54, 1.807) is 0 Å². The first-order valence-corrected chi connectivity index (χ1v) is 20.4. The van der Waals surface area contributed by atoms with Gasteiger partial charge in [-0.2, -0.15) is 0 Å². The molecule has 0 saturated heterocycles. The predicted molar refractivity (Wildman–Crippen MR) is 179 cm³/mol. The van der Waals surface area contributed by atoms with Crippen molar-refractivity contribution >= 4 is 20.3 Å². The molecule has 0 aromatic carbocycles. The number of rotatable bonds is 8. The molecule has 2 N–H and O–H groups in total. The standard InChI is InChI=1S/C37H64O6Si/c1-22(2)14-13-15-25(33(40)41)31-27-20-28(39)32-35(8)18-17-29(43-44(11,12)34(5,6)7)23(3)26(35)16-19-36(32,9)37(27,10)21-30(31)42-24(4)38/h14,23,25-32,39H,13,15-21H2,1-12H3,(H,40,41)/t23-,25-,26?,27?,28+,29+,30-,31+,32-,35-,36-,37-/m0/s1. The fourth-order valence-corrected chi connectivity index (χ4v) is 12.5. The Morgan fingerprint density at radius 3 is 2.18 bits per heavy atom. The number of carboxylic acid groups (broad SMARTS) is 1. The van der Waals surface area contributed by atoms with Gasteiger partial charge < -0.3 is 19.4 Å². The zero-order chi connectivity index (χ0) is 33.2. The lowest BCUT2D eigenvalue weighted by Crippen LogP contribution is -2.66. The minimum Gasteiger partial charge on any atom is -0.481 e. The molecule has 6 nitrogen and oxygen atoms in total. The maximum absolute atomic E-state index is 12.9. The van der Waals surface area contributed by atoms with Gasteiger partial charge in [0.05, 0.1) is 12.0 Å². The van der Waals surface area contributed by atoms with Crippen molar-refractivity contribution in [2.45, 2.75) is 157 Å². The molecule has 0 amide bonds. The number of allylic oxidation sites excluding steroid dienone is 2. The highest BCUT2D eigenvalue weighted by molar-refractivity contribution is 6.74. The number of aliphatic hydroxyl groups excluding tert-OH is 1. The minimum atomic E-state index is -1.92. The number of aliphatic carboxylic acids is 1. The fraction of sp³-hybridized carbons (Fsp3) is 0.892. The number of hydrogen-bond acceptors (Lipinski definition) is 5. The van der Waals surface area contributed by atoms with Crippen LogP contribution in [0.1, 0.15) is 121 Å². The van der Waals surface area contributed by atoms with E-state index in [1.807, 2.05) is 13.8 Å². The molecular weight excluding hydrogens is 568 g/mol. The number of ether oxygens (including phenoxy) is 1. The normalized spacial score (nSPS) is 42.8. The van der Waals surface area contributed by atoms with Gasteiger partial charge in [-0.15, -0.1) is 0 Å². The van der Waals surface area contributed by atoms with Gasteiger partial charge in [0, 0.05) is 18.9 Å². The van der Waals surface area contributed by atoms with Crippen molar-refractivity contribution in [2.75, 3.05) is 0 Å². The van der Waals surface area contributed by atoms with Crippen molar-refractivity contribution in [1.82, 2.24) is 0 Å². The summed E-state index contributed by atoms with van der Waals surface area (Å²) in [6.07, 6.45) is 7.97. The number of fused-ring (bicyclic) bond motifs is 5. The van der Waals surface area contributed by atoms with E-state index >= 15 is 0 Å². The smallest absolute Gasteiger partial charge is 0.306 e. The van der Waals surface area contributed by atoms with Crippen LogP contribution in [-0.2, 0) is 18.8 Å². The third-order valence-corrected chi connectivity index (χ3v) is 18.8. The van der Waals surface area contributed by atoms with E-state index in [1.165, 1.54) is 12.5 Å². The Labute approximate surface area is 269 Å². The summed E-state index contributed by atoms with van der Waals surface area (Å²) in [6.45, 7) is 26.8. The van der Waals surface area contributed by atoms with Crippen molar-refractivity contribution in [3.8, 4) is 0 Å². The molecule has 252 valence electrons. The first-order valence-electron chi connectivity index (χ1n) is 17.5. The molecule has 0 heterocycles. The van der Waals surface area contributed by atoms with Gasteiger partial charge in [-0.3, -0.25) is 9.59 Å². The molecule has 0 aromatic rings. The molecule has 2 unspecified atom stereocenters. The Morgan fingerprint density at radius 2 is 1.64 bits per heavy atom. The van der Waals surface area contributed by atoms with Gasteiger partial charge >= 0.3 is 11.9 Å². The molecular formula is C37H64O6Si. The van der Waals surface area contributed by atoms with Gasteiger partial charge in [0.25, 0.3) is 0 Å². The Balaban J connectivity index is 1.69. The lowest BCUT2D eigenvalue weighted by atomic mass is 9.36. The fourth-order valence-electron chi connectivity index (χ4n) is 11.1. The van der Waals surface area contributed by atoms with Gasteiger partial charge in [-0.1, -0.05) is 60.1 Å². The number of carbonyl (C=O) groups is 2. The molecule has 4 rings (SSSR count). The number of carbonyl (C=O) groups excluding carboxylic acids is 1. The molecule has 4 saturated carbocycles. The first kappa shape index (κ1) is 35.7. The summed E-state index contributed by atoms with van der Waals surface area (Å²) in [7, 11) is -1.92. The van der Waals surface area contributed by atoms with E-state index in [0.29, 0.717) is 37.5 Å². The third-order valence-electron chi connectivity index (χ3n) is 14.3. The summed E-state index contributed by atoms with van der Waals surface area (Å²) in [5, 5.41) is 22.9. The van der Waals surface area contributed by atoms with Gasteiger partial charge in [0.2, 0.25) is 0 Å². The summed E-state index contributed by atoms with van der Waals surface area (Å²) in [5.74, 6) is -1.12. The Morgan fingerprint density at radius 1 is 1.00 bits per heavy atom. The number of aliphatic hydroxyl groups is 1. The largest absolute Gasteiger partial charge is 0.481 e. The second-order valence-corrected chi connectivity index (χ2v) is 22.7. The van der Waals surface area contributed by atoms with E-state index in [9.17, 15) is 19.8 Å². The van der Waals surface area contributed by atoms with Crippen LogP contribution >= 0.6 is 0 Å². The average Bonchev–Trinajstić information content (AvgIpc) is 3.14. The van der Waals surface area contributed by atoms with Gasteiger partial charge in [0.15, 0.2) is 8.32 Å². The Bertz CT molecular complexity index is 1120. The lowest BCUT2D eigenvalue weighted by molar-refractivity contribution is -0.239. The van der Waals surface area contributed by atoms with Crippen LogP contribution in [-0.4, -0.2) is 48.8 Å². The van der Waals surface area contributed by atoms with Crippen LogP contribution in [0.25, 0.3) is 0 Å². The van der Waals surface area contributed by atoms with Crippen molar-refractivity contribution in [2.24, 2.45) is 51.8 Å². The third kappa shape index (κ3) is 5.89. The van der Waals surface area contributed by atoms with Crippen LogP contribution in [0.2, 0.25) is 18.1 Å². The second kappa shape index (κ2) is 12.1. The molecule has 0 aliphatic heterocycles. The topological polar surface area (TPSA) is 93.1 Å². The highest BCUT2D eigenvalue weighted by atomic mass is 28.4. The predicted octanol–water partition coefficient (Wildman–Crippen LogP) is 8.63. The van der Waals surface area contributed by atoms with Crippen LogP contribution in [0.3, 0.4) is 0 Å². The lowest BCUT2D eigenvalue weighted by Gasteiger charge is -2.69. The minimum absolute atomic E-state index is 0.0215. The molecule has 12 atom stereocenters. The summed E-state index contributed by atoms with van der Waals surface area (Å²) < 4.78 is 13.1. The van der Waals surface area contributed by atoms with E-state index in [4.69, 9.17) is 9.16 Å². The van der Waals surface area contributed by atoms with Crippen LogP contribution in [0.5, 0.6) is 0 Å². The highest BCUT2D eigenvalue weighted by Crippen LogP contribution is 2.75. The van der Waals surface area contributed by atoms with Gasteiger partial charge in [-0.05, 0) is 123 Å². The van der Waals surface area contributed by atoms with Crippen molar-refractivity contribution < 1.29 is 29.0 Å². The maximum Gasteiger partial charge on any atom is 0.306 e. The number of esters is 1. The zero-order valence-electron chi connectivity index (χ0n) is 30.0. The zero-order valence-corrected chi connectivity index (χ0v) is 31.0. The molecule has 4 aliphatic rings. The molecule has 0 aromatic heterocycles. The average molecular weight is 633 g/mol. The molecule has 0 spiro atoms. The van der Waals surface area contributed by atoms with E-state index in [-0.39, 0.29) is 51.1 Å². The van der Waals surface area contributed by atoms with Gasteiger partial charge in [-0.25, -0.2) is 0 Å². The monoisotopic (exact) mass is 632 g/mol. The molecule has 44 heavy (non-hydrogen) atoms. The van der Waals surface area contributed by atoms with E-state index in [0.717, 1.165) is 25.7 Å². The quantitative estimate of drug-likeness (QED) is 0.158. The summed E-state index contributed by atoms with van der Waals surface area (Å²) >= 11 is 0. The van der Waals surface area contributed by atoms with Crippen molar-refractivity contribution in [1.29, 1.82) is 0 Å². The van der Waals surface area contributed by atoms with Gasteiger partial charge in [0.1, 0.15) is 6.10 Å². The highest BCUT2D eigenvalue weighted by Gasteiger charge is 2.72. The Kier molecular flexibility index (Phi) is 9.82. The summed E-state index contributed by atoms with van der Waals surface area (Å²) in [5.41, 5.74) is 0.716. The summed E-state index contributed by atoms with van der Waals surface area (Å²) in [6, 6.07) is 0. The van der Waals surface area contributed by atoms with E-state index in [2.05, 4.69) is 67.6 Å². The van der Waals surface area contributed by atoms with Crippen LogP contribution < -0.4 is 0 Å². The SMILES string of the molecule is CC(=O)O[C@H]1C[C@@]2(C)C(C[C@@H](O)[C@H]3[C@@]4(C)CC[C@@H](O[Si](C)(C)C(C)(C)C)[C@@H](C)C4CC[C@@]32C)[C@H]1[C@H](CCC=C(C)C)C(=O)O. The maximum atomic E-state index is 12.9. The van der Waals surface area contributed by atoms with Crippen molar-refractivity contribution in [3.05, 3.63) is 11.6 Å². The first-order chi connectivity index (χ1) is 20.1. The molecule has 4 aliphatic carbocycles. The van der Waals surface area contributed by atoms with E-state index < -0.39 is 32.4 Å². The molecule has 7 heteroatoms. The second-order valence-electron chi connectivity index (χ2n) is 17.9.